The van der Waals surface area contributed by atoms with Crippen LogP contribution >= 0.6 is 15.9 Å². The smallest absolute Gasteiger partial charge is 0.215 e. The molecule has 1 aliphatic rings. The zero-order valence-corrected chi connectivity index (χ0v) is 19.5. The Morgan fingerprint density at radius 2 is 1.90 bits per heavy atom. The summed E-state index contributed by atoms with van der Waals surface area (Å²) in [7, 11) is 1.73. The van der Waals surface area contributed by atoms with Gasteiger partial charge in [-0.2, -0.15) is 0 Å². The van der Waals surface area contributed by atoms with Crippen LogP contribution in [0.5, 0.6) is 5.75 Å². The Balaban J connectivity index is 1.23. The van der Waals surface area contributed by atoms with Gasteiger partial charge in [-0.15, -0.1) is 0 Å². The molecule has 0 spiro atoms. The minimum atomic E-state index is 0.721. The molecule has 1 fully saturated rings. The summed E-state index contributed by atoms with van der Waals surface area (Å²) in [6, 6.07) is 16.3. The molecule has 7 heteroatoms. The molecule has 0 atom stereocenters. The molecule has 31 heavy (non-hydrogen) atoms. The zero-order valence-electron chi connectivity index (χ0n) is 17.9. The number of halogens is 1. The van der Waals surface area contributed by atoms with Crippen molar-refractivity contribution in [2.75, 3.05) is 56.2 Å². The Morgan fingerprint density at radius 3 is 2.68 bits per heavy atom. The van der Waals surface area contributed by atoms with Crippen molar-refractivity contribution in [3.05, 3.63) is 53.0 Å². The average molecular weight is 485 g/mol. The molecule has 0 bridgehead atoms. The van der Waals surface area contributed by atoms with E-state index in [2.05, 4.69) is 48.9 Å². The number of benzene rings is 2. The number of hydrogen-bond acceptors (Lipinski definition) is 4. The van der Waals surface area contributed by atoms with Crippen molar-refractivity contribution in [3.8, 4) is 5.75 Å². The van der Waals surface area contributed by atoms with Crippen LogP contribution in [0, 0.1) is 0 Å². The Kier molecular flexibility index (Phi) is 7.14. The number of unbranched alkanes of at least 4 members (excludes halogenated alkanes) is 1. The van der Waals surface area contributed by atoms with Crippen LogP contribution in [0.3, 0.4) is 0 Å². The number of carbonyl (C=O) groups excluding carboxylic acids is 1. The lowest BCUT2D eigenvalue weighted by Crippen LogP contribution is -2.46. The maximum Gasteiger partial charge on any atom is 0.215 e. The maximum absolute atomic E-state index is 11.6. The Morgan fingerprint density at radius 1 is 1.10 bits per heavy atom. The molecule has 0 unspecified atom stereocenters. The highest BCUT2D eigenvalue weighted by atomic mass is 79.9. The van der Waals surface area contributed by atoms with Crippen LogP contribution in [0.1, 0.15) is 12.8 Å². The van der Waals surface area contributed by atoms with E-state index in [9.17, 15) is 4.79 Å². The van der Waals surface area contributed by atoms with Crippen LogP contribution in [-0.4, -0.2) is 62.7 Å². The predicted molar refractivity (Wildman–Crippen MR) is 130 cm³/mol. The SMILES string of the molecule is COc1ccccc1N1CCN(CCCCN(C=O)c2cc3cc(Br)ccc3[nH]2)CC1. The lowest BCUT2D eigenvalue weighted by molar-refractivity contribution is -0.107. The van der Waals surface area contributed by atoms with E-state index in [0.29, 0.717) is 0 Å². The standard InChI is InChI=1S/C24H29BrN4O2/c1-31-23-7-3-2-6-22(23)28-14-12-27(13-15-28)10-4-5-11-29(18-30)24-17-19-16-20(25)8-9-21(19)26-24/h2-3,6-9,16-18,26H,4-5,10-15H2,1H3. The molecule has 1 N–H and O–H groups in total. The van der Waals surface area contributed by atoms with Crippen LogP contribution < -0.4 is 14.5 Å². The Bertz CT molecular complexity index is 1010. The number of nitrogens with one attached hydrogen (secondary N) is 1. The molecule has 0 saturated carbocycles. The molecule has 164 valence electrons. The van der Waals surface area contributed by atoms with E-state index >= 15 is 0 Å². The highest BCUT2D eigenvalue weighted by Gasteiger charge is 2.19. The minimum Gasteiger partial charge on any atom is -0.495 e. The van der Waals surface area contributed by atoms with E-state index in [-0.39, 0.29) is 0 Å². The fraction of sp³-hybridized carbons (Fsp3) is 0.375. The molecule has 4 rings (SSSR count). The summed E-state index contributed by atoms with van der Waals surface area (Å²) >= 11 is 3.50. The first-order chi connectivity index (χ1) is 15.2. The zero-order chi connectivity index (χ0) is 21.6. The van der Waals surface area contributed by atoms with E-state index in [1.807, 2.05) is 30.3 Å². The number of carbonyl (C=O) groups is 1. The normalized spacial score (nSPS) is 14.7. The third-order valence-electron chi connectivity index (χ3n) is 5.93. The van der Waals surface area contributed by atoms with Crippen LogP contribution in [0.2, 0.25) is 0 Å². The van der Waals surface area contributed by atoms with Gasteiger partial charge in [0.1, 0.15) is 11.6 Å². The lowest BCUT2D eigenvalue weighted by Gasteiger charge is -2.36. The van der Waals surface area contributed by atoms with Crippen LogP contribution in [-0.2, 0) is 4.79 Å². The summed E-state index contributed by atoms with van der Waals surface area (Å²) < 4.78 is 6.54. The van der Waals surface area contributed by atoms with Crippen LogP contribution in [0.4, 0.5) is 11.5 Å². The lowest BCUT2D eigenvalue weighted by atomic mass is 10.2. The number of amides is 1. The van der Waals surface area contributed by atoms with Crippen molar-refractivity contribution in [3.63, 3.8) is 0 Å². The first-order valence-corrected chi connectivity index (χ1v) is 11.6. The third kappa shape index (κ3) is 5.22. The van der Waals surface area contributed by atoms with Crippen molar-refractivity contribution in [2.45, 2.75) is 12.8 Å². The number of hydrogen-bond donors (Lipinski definition) is 1. The summed E-state index contributed by atoms with van der Waals surface area (Å²) in [4.78, 5) is 21.7. The fourth-order valence-electron chi connectivity index (χ4n) is 4.19. The summed E-state index contributed by atoms with van der Waals surface area (Å²) in [5.41, 5.74) is 2.22. The molecular weight excluding hydrogens is 456 g/mol. The van der Waals surface area contributed by atoms with Gasteiger partial charge in [0.25, 0.3) is 0 Å². The number of anilines is 2. The number of nitrogens with zero attached hydrogens (tertiary/aromatic N) is 3. The van der Waals surface area contributed by atoms with Crippen molar-refractivity contribution in [1.82, 2.24) is 9.88 Å². The summed E-state index contributed by atoms with van der Waals surface area (Å²) in [6.07, 6.45) is 2.97. The topological polar surface area (TPSA) is 51.8 Å². The minimum absolute atomic E-state index is 0.721. The first kappa shape index (κ1) is 21.7. The van der Waals surface area contributed by atoms with E-state index in [1.54, 1.807) is 12.0 Å². The van der Waals surface area contributed by atoms with Gasteiger partial charge in [-0.05, 0) is 55.8 Å². The molecule has 2 aromatic carbocycles. The Labute approximate surface area is 191 Å². The second kappa shape index (κ2) is 10.2. The van der Waals surface area contributed by atoms with Gasteiger partial charge < -0.3 is 19.5 Å². The molecule has 3 aromatic rings. The molecule has 1 aromatic heterocycles. The monoisotopic (exact) mass is 484 g/mol. The number of methoxy groups -OCH3 is 1. The van der Waals surface area contributed by atoms with Gasteiger partial charge in [0.15, 0.2) is 0 Å². The van der Waals surface area contributed by atoms with E-state index in [1.165, 1.54) is 5.69 Å². The first-order valence-electron chi connectivity index (χ1n) is 10.8. The van der Waals surface area contributed by atoms with Crippen molar-refractivity contribution in [1.29, 1.82) is 0 Å². The van der Waals surface area contributed by atoms with Crippen molar-refractivity contribution < 1.29 is 9.53 Å². The largest absolute Gasteiger partial charge is 0.495 e. The van der Waals surface area contributed by atoms with Gasteiger partial charge >= 0.3 is 0 Å². The van der Waals surface area contributed by atoms with Gasteiger partial charge in [-0.25, -0.2) is 0 Å². The third-order valence-corrected chi connectivity index (χ3v) is 6.42. The Hall–Kier alpha value is -2.51. The number of ether oxygens (including phenoxy) is 1. The molecule has 6 nitrogen and oxygen atoms in total. The fourth-order valence-corrected chi connectivity index (χ4v) is 4.57. The number of para-hydroxylation sites is 2. The second-order valence-electron chi connectivity index (χ2n) is 7.89. The highest BCUT2D eigenvalue weighted by Crippen LogP contribution is 2.28. The quantitative estimate of drug-likeness (QED) is 0.358. The van der Waals surface area contributed by atoms with E-state index in [4.69, 9.17) is 4.74 Å². The molecule has 0 aliphatic carbocycles. The molecule has 2 heterocycles. The number of rotatable bonds is 9. The number of fused-ring (bicyclic) bond motifs is 1. The number of aromatic amines is 1. The summed E-state index contributed by atoms with van der Waals surface area (Å²) in [6.45, 7) is 5.89. The van der Waals surface area contributed by atoms with Gasteiger partial charge in [-0.3, -0.25) is 9.69 Å². The number of aromatic nitrogens is 1. The predicted octanol–water partition coefficient (Wildman–Crippen LogP) is 4.50. The van der Waals surface area contributed by atoms with E-state index < -0.39 is 0 Å². The van der Waals surface area contributed by atoms with Crippen molar-refractivity contribution in [2.24, 2.45) is 0 Å². The number of piperazine rings is 1. The van der Waals surface area contributed by atoms with Gasteiger partial charge in [0.05, 0.1) is 12.8 Å². The molecule has 0 radical (unpaired) electrons. The molecular formula is C24H29BrN4O2. The van der Waals surface area contributed by atoms with E-state index in [0.717, 1.165) is 85.5 Å². The maximum atomic E-state index is 11.6. The van der Waals surface area contributed by atoms with Gasteiger partial charge in [0, 0.05) is 48.1 Å². The van der Waals surface area contributed by atoms with Crippen LogP contribution in [0.25, 0.3) is 10.9 Å². The molecule has 1 amide bonds. The highest BCUT2D eigenvalue weighted by molar-refractivity contribution is 9.10. The molecule has 1 aliphatic heterocycles. The van der Waals surface area contributed by atoms with Gasteiger partial charge in [0.2, 0.25) is 6.41 Å². The number of H-pyrrole nitrogens is 1. The second-order valence-corrected chi connectivity index (χ2v) is 8.81. The van der Waals surface area contributed by atoms with Crippen LogP contribution in [0.15, 0.2) is 53.0 Å². The molecule has 1 saturated heterocycles. The van der Waals surface area contributed by atoms with Gasteiger partial charge in [-0.1, -0.05) is 28.1 Å². The summed E-state index contributed by atoms with van der Waals surface area (Å²) in [5, 5.41) is 1.10. The summed E-state index contributed by atoms with van der Waals surface area (Å²) in [5.74, 6) is 1.79. The average Bonchev–Trinajstić information content (AvgIpc) is 3.22. The van der Waals surface area contributed by atoms with Crippen molar-refractivity contribution >= 4 is 44.7 Å².